The molecule has 1 saturated carbocycles. The minimum Gasteiger partial charge on any atom is -0.465 e. The van der Waals surface area contributed by atoms with Gasteiger partial charge in [-0.1, -0.05) is 0 Å². The lowest BCUT2D eigenvalue weighted by Gasteiger charge is -2.41. The van der Waals surface area contributed by atoms with E-state index in [9.17, 15) is 14.4 Å². The van der Waals surface area contributed by atoms with Crippen molar-refractivity contribution in [2.24, 2.45) is 11.3 Å². The number of rotatable bonds is 1. The van der Waals surface area contributed by atoms with Crippen molar-refractivity contribution in [3.05, 3.63) is 0 Å². The van der Waals surface area contributed by atoms with E-state index in [1.54, 1.807) is 20.8 Å². The third-order valence-electron chi connectivity index (χ3n) is 4.48. The molecule has 118 valence electrons. The van der Waals surface area contributed by atoms with Crippen LogP contribution in [0.5, 0.6) is 0 Å². The summed E-state index contributed by atoms with van der Waals surface area (Å²) in [6, 6.07) is 0. The number of ether oxygens (including phenoxy) is 1. The van der Waals surface area contributed by atoms with Crippen LogP contribution in [0.15, 0.2) is 0 Å². The van der Waals surface area contributed by atoms with Gasteiger partial charge in [0, 0.05) is 19.5 Å². The molecule has 1 saturated heterocycles. The van der Waals surface area contributed by atoms with Crippen LogP contribution in [0.3, 0.4) is 0 Å². The Balaban J connectivity index is 2.14. The van der Waals surface area contributed by atoms with Crippen LogP contribution in [0.2, 0.25) is 0 Å². The smallest absolute Gasteiger partial charge is 0.407 e. The first kappa shape index (κ1) is 15.8. The molecule has 6 heteroatoms. The quantitative estimate of drug-likeness (QED) is 0.591. The van der Waals surface area contributed by atoms with Gasteiger partial charge in [-0.25, -0.2) is 4.79 Å². The lowest BCUT2D eigenvalue weighted by Crippen LogP contribution is -2.47. The molecule has 0 aromatic carbocycles. The normalized spacial score (nSPS) is 25.2. The molecular formula is C15H23NO5. The average molecular weight is 297 g/mol. The summed E-state index contributed by atoms with van der Waals surface area (Å²) in [5.41, 5.74) is -1.03. The van der Waals surface area contributed by atoms with Crippen LogP contribution in [-0.2, 0) is 14.3 Å². The largest absolute Gasteiger partial charge is 0.465 e. The monoisotopic (exact) mass is 297 g/mol. The lowest BCUT2D eigenvalue weighted by atomic mass is 9.70. The Bertz CT molecular complexity index is 457. The van der Waals surface area contributed by atoms with Gasteiger partial charge < -0.3 is 14.7 Å². The van der Waals surface area contributed by atoms with Crippen molar-refractivity contribution < 1.29 is 24.2 Å². The van der Waals surface area contributed by atoms with Gasteiger partial charge in [-0.2, -0.15) is 0 Å². The van der Waals surface area contributed by atoms with E-state index in [4.69, 9.17) is 9.84 Å². The second-order valence-corrected chi connectivity index (χ2v) is 7.06. The highest BCUT2D eigenvalue weighted by Crippen LogP contribution is 2.49. The Kier molecular flexibility index (Phi) is 4.00. The van der Waals surface area contributed by atoms with E-state index >= 15 is 0 Å². The first-order valence-electron chi connectivity index (χ1n) is 7.38. The number of Topliss-reactive ketones (excluding diaryl/α,β-unsaturated/α-hetero) is 1. The fourth-order valence-electron chi connectivity index (χ4n) is 3.43. The summed E-state index contributed by atoms with van der Waals surface area (Å²) in [7, 11) is 0. The molecule has 1 aliphatic carbocycles. The predicted molar refractivity (Wildman–Crippen MR) is 74.8 cm³/mol. The van der Waals surface area contributed by atoms with Crippen molar-refractivity contribution in [1.82, 2.24) is 4.90 Å². The fourth-order valence-corrected chi connectivity index (χ4v) is 3.43. The Morgan fingerprint density at radius 2 is 1.81 bits per heavy atom. The number of ketones is 1. The van der Waals surface area contributed by atoms with Gasteiger partial charge >= 0.3 is 12.1 Å². The van der Waals surface area contributed by atoms with Crippen molar-refractivity contribution in [3.8, 4) is 0 Å². The number of carboxylic acid groups (broad SMARTS) is 1. The topological polar surface area (TPSA) is 83.9 Å². The SMILES string of the molecule is CC(C)(C)OC(=O)[C@@H]1C(=O)CCC12CCN(C(=O)O)CC2. The van der Waals surface area contributed by atoms with E-state index in [1.165, 1.54) is 4.90 Å². The van der Waals surface area contributed by atoms with E-state index in [2.05, 4.69) is 0 Å². The molecule has 1 aliphatic heterocycles. The number of likely N-dealkylation sites (tertiary alicyclic amines) is 1. The highest BCUT2D eigenvalue weighted by molar-refractivity contribution is 6.01. The number of amides is 1. The molecule has 0 aromatic heterocycles. The summed E-state index contributed by atoms with van der Waals surface area (Å²) in [6.45, 7) is 6.10. The van der Waals surface area contributed by atoms with Crippen LogP contribution in [0, 0.1) is 11.3 Å². The first-order chi connectivity index (χ1) is 9.65. The fraction of sp³-hybridized carbons (Fsp3) is 0.800. The molecule has 2 fully saturated rings. The molecule has 2 rings (SSSR count). The van der Waals surface area contributed by atoms with Crippen LogP contribution in [0.25, 0.3) is 0 Å². The molecule has 21 heavy (non-hydrogen) atoms. The second-order valence-electron chi connectivity index (χ2n) is 7.06. The zero-order valence-electron chi connectivity index (χ0n) is 12.8. The Hall–Kier alpha value is -1.59. The van der Waals surface area contributed by atoms with Crippen LogP contribution in [0.1, 0.15) is 46.5 Å². The first-order valence-corrected chi connectivity index (χ1v) is 7.38. The van der Waals surface area contributed by atoms with E-state index in [0.29, 0.717) is 38.8 Å². The molecule has 6 nitrogen and oxygen atoms in total. The standard InChI is InChI=1S/C15H23NO5/c1-14(2,3)21-12(18)11-10(17)4-5-15(11)6-8-16(9-7-15)13(19)20/h11H,4-9H2,1-3H3,(H,19,20)/t11-/m0/s1. The number of nitrogens with zero attached hydrogens (tertiary/aromatic N) is 1. The van der Waals surface area contributed by atoms with Crippen LogP contribution >= 0.6 is 0 Å². The summed E-state index contributed by atoms with van der Waals surface area (Å²) >= 11 is 0. The van der Waals surface area contributed by atoms with Gasteiger partial charge in [-0.3, -0.25) is 9.59 Å². The average Bonchev–Trinajstić information content (AvgIpc) is 2.65. The summed E-state index contributed by atoms with van der Waals surface area (Å²) in [4.78, 5) is 36.9. The third kappa shape index (κ3) is 3.19. The molecule has 0 aromatic rings. The Morgan fingerprint density at radius 1 is 1.24 bits per heavy atom. The maximum atomic E-state index is 12.4. The van der Waals surface area contributed by atoms with Gasteiger partial charge in [-0.05, 0) is 45.4 Å². The van der Waals surface area contributed by atoms with Crippen molar-refractivity contribution >= 4 is 17.8 Å². The van der Waals surface area contributed by atoms with Crippen molar-refractivity contribution in [1.29, 1.82) is 0 Å². The number of hydrogen-bond acceptors (Lipinski definition) is 4. The second kappa shape index (κ2) is 5.31. The zero-order chi connectivity index (χ0) is 15.8. The summed E-state index contributed by atoms with van der Waals surface area (Å²) in [5.74, 6) is -1.24. The highest BCUT2D eigenvalue weighted by Gasteiger charge is 2.54. The maximum absolute atomic E-state index is 12.4. The Labute approximate surface area is 124 Å². The molecule has 0 unspecified atom stereocenters. The number of carbonyl (C=O) groups is 3. The van der Waals surface area contributed by atoms with E-state index < -0.39 is 29.0 Å². The molecule has 1 N–H and O–H groups in total. The number of piperidine rings is 1. The summed E-state index contributed by atoms with van der Waals surface area (Å²) < 4.78 is 5.40. The molecular weight excluding hydrogens is 274 g/mol. The molecule has 1 amide bonds. The van der Waals surface area contributed by atoms with Crippen molar-refractivity contribution in [3.63, 3.8) is 0 Å². The molecule has 1 atom stereocenters. The minimum atomic E-state index is -0.942. The highest BCUT2D eigenvalue weighted by atomic mass is 16.6. The van der Waals surface area contributed by atoms with Gasteiger partial charge in [0.2, 0.25) is 0 Å². The Morgan fingerprint density at radius 3 is 2.29 bits per heavy atom. The molecule has 2 aliphatic rings. The number of carbonyl (C=O) groups excluding carboxylic acids is 2. The number of hydrogen-bond donors (Lipinski definition) is 1. The van der Waals surface area contributed by atoms with Gasteiger partial charge in [0.15, 0.2) is 0 Å². The van der Waals surface area contributed by atoms with E-state index in [0.717, 1.165) is 0 Å². The van der Waals surface area contributed by atoms with Crippen LogP contribution in [-0.4, -0.2) is 46.5 Å². The van der Waals surface area contributed by atoms with Gasteiger partial charge in [0.05, 0.1) is 0 Å². The van der Waals surface area contributed by atoms with Crippen LogP contribution in [0.4, 0.5) is 4.79 Å². The summed E-state index contributed by atoms with van der Waals surface area (Å²) in [6.07, 6.45) is 1.20. The number of esters is 1. The lowest BCUT2D eigenvalue weighted by molar-refractivity contribution is -0.166. The third-order valence-corrected chi connectivity index (χ3v) is 4.48. The van der Waals surface area contributed by atoms with Gasteiger partial charge in [-0.15, -0.1) is 0 Å². The van der Waals surface area contributed by atoms with Crippen molar-refractivity contribution in [2.45, 2.75) is 52.1 Å². The molecule has 0 radical (unpaired) electrons. The zero-order valence-corrected chi connectivity index (χ0v) is 12.8. The van der Waals surface area contributed by atoms with E-state index in [1.807, 2.05) is 0 Å². The van der Waals surface area contributed by atoms with Gasteiger partial charge in [0.1, 0.15) is 17.3 Å². The molecule has 0 bridgehead atoms. The minimum absolute atomic E-state index is 0.0620. The van der Waals surface area contributed by atoms with E-state index in [-0.39, 0.29) is 5.78 Å². The molecule has 1 heterocycles. The maximum Gasteiger partial charge on any atom is 0.407 e. The molecule has 1 spiro atoms. The van der Waals surface area contributed by atoms with Crippen molar-refractivity contribution in [2.75, 3.05) is 13.1 Å². The van der Waals surface area contributed by atoms with Crippen LogP contribution < -0.4 is 0 Å². The predicted octanol–water partition coefficient (Wildman–Crippen LogP) is 2.07. The van der Waals surface area contributed by atoms with Gasteiger partial charge in [0.25, 0.3) is 0 Å². The summed E-state index contributed by atoms with van der Waals surface area (Å²) in [5, 5.41) is 9.02.